The monoisotopic (exact) mass is 738 g/mol. The molecule has 3 rings (SSSR count). The largest absolute Gasteiger partial charge is 0.497 e. The minimum Gasteiger partial charge on any atom is -0.497 e. The molecule has 1 aliphatic carbocycles. The van der Waals surface area contributed by atoms with Gasteiger partial charge in [-0.3, -0.25) is 4.79 Å². The highest BCUT2D eigenvalue weighted by Gasteiger charge is 2.34. The lowest BCUT2D eigenvalue weighted by molar-refractivity contribution is -0.175. The van der Waals surface area contributed by atoms with Crippen LogP contribution >= 0.6 is 0 Å². The third-order valence-electron chi connectivity index (χ3n) is 9.28. The molecule has 1 saturated heterocycles. The van der Waals surface area contributed by atoms with E-state index in [0.29, 0.717) is 31.7 Å². The Labute approximate surface area is 307 Å². The molecule has 8 unspecified atom stereocenters. The molecule has 2 aliphatic heterocycles. The number of amides is 1. The second-order valence-electron chi connectivity index (χ2n) is 13.7. The van der Waals surface area contributed by atoms with Crippen molar-refractivity contribution in [2.45, 2.75) is 147 Å². The number of halogens is 1. The Hall–Kier alpha value is -1.50. The molecule has 1 saturated carbocycles. The summed E-state index contributed by atoms with van der Waals surface area (Å²) in [6.45, 7) is 9.61. The van der Waals surface area contributed by atoms with E-state index in [-0.39, 0.29) is 61.8 Å². The summed E-state index contributed by atoms with van der Waals surface area (Å²) in [5, 5.41) is 31.9. The molecule has 10 atom stereocenters. The minimum absolute atomic E-state index is 0.00779. The minimum atomic E-state index is -1.35. The molecule has 14 nitrogen and oxygen atoms in total. The average Bonchev–Trinajstić information content (AvgIpc) is 3.61. The molecule has 15 N–H and O–H groups in total. The number of nitrogens with two attached hydrogens (primary N) is 5. The number of alkyl halides is 1. The van der Waals surface area contributed by atoms with Crippen LogP contribution in [0.25, 0.3) is 0 Å². The Kier molecular flexibility index (Phi) is 30.0. The van der Waals surface area contributed by atoms with E-state index in [2.05, 4.69) is 23.6 Å². The first-order chi connectivity index (χ1) is 24.5. The van der Waals surface area contributed by atoms with Gasteiger partial charge in [0.1, 0.15) is 11.9 Å². The van der Waals surface area contributed by atoms with Crippen LogP contribution in [0.15, 0.2) is 11.8 Å². The fraction of sp³-hybridized carbons (Fsp3) is 0.917. The van der Waals surface area contributed by atoms with Gasteiger partial charge in [0.2, 0.25) is 5.91 Å². The molecule has 0 spiro atoms. The van der Waals surface area contributed by atoms with Gasteiger partial charge < -0.3 is 68.8 Å². The van der Waals surface area contributed by atoms with Crippen molar-refractivity contribution in [3.8, 4) is 0 Å². The highest BCUT2D eigenvalue weighted by atomic mass is 19.1. The Morgan fingerprint density at radius 3 is 2.41 bits per heavy atom. The van der Waals surface area contributed by atoms with Crippen molar-refractivity contribution in [2.24, 2.45) is 40.5 Å². The zero-order chi connectivity index (χ0) is 38.6. The van der Waals surface area contributed by atoms with E-state index in [0.717, 1.165) is 96.9 Å². The zero-order valence-corrected chi connectivity index (χ0v) is 32.0. The van der Waals surface area contributed by atoms with E-state index in [9.17, 15) is 14.3 Å². The van der Waals surface area contributed by atoms with E-state index in [1.807, 2.05) is 6.92 Å². The van der Waals surface area contributed by atoms with Crippen molar-refractivity contribution in [3.63, 3.8) is 0 Å². The first-order valence-corrected chi connectivity index (χ1v) is 19.1. The maximum absolute atomic E-state index is 13.6. The Morgan fingerprint density at radius 2 is 1.86 bits per heavy atom. The van der Waals surface area contributed by atoms with E-state index < -0.39 is 12.1 Å². The number of carbonyl (C=O) groups excluding carboxylic acids is 1. The molecule has 15 heteroatoms. The summed E-state index contributed by atoms with van der Waals surface area (Å²) in [6, 6.07) is -0.324. The standard InChI is InChI=1S/C16H30FN3O4.C10H24N2O.C9H18N2O.CH4O/c1-9(14(17)7-18)16(22)20-11-4-10(19)5-13(6-11)24-15-3-2-12(8-21)23-15;1-3-5-8(7-11)6-10(13)9(12)4-2;10-5-3-6-11-8-9-4-1-2-7-12-9;1-2/h9-15,21H,2-8,18-19H2,1H3,(H,20,22);8-10,13H,3-7,11-12H2,1-2H3;4,11H,1-3,5-8,10H2;2H,1H3/t;8-,9+,10?;;/m.1../s1. The van der Waals surface area contributed by atoms with Gasteiger partial charge in [-0.15, -0.1) is 0 Å². The van der Waals surface area contributed by atoms with Gasteiger partial charge in [0.15, 0.2) is 6.29 Å². The molecule has 2 fully saturated rings. The number of aliphatic hydroxyl groups excluding tert-OH is 3. The van der Waals surface area contributed by atoms with Gasteiger partial charge in [0, 0.05) is 38.2 Å². The van der Waals surface area contributed by atoms with E-state index in [1.54, 1.807) is 0 Å². The lowest BCUT2D eigenvalue weighted by atomic mass is 9.88. The first-order valence-electron chi connectivity index (χ1n) is 19.1. The third kappa shape index (κ3) is 22.3. The summed E-state index contributed by atoms with van der Waals surface area (Å²) in [6.07, 6.45) is 10.4. The lowest BCUT2D eigenvalue weighted by Gasteiger charge is -2.35. The van der Waals surface area contributed by atoms with Crippen LogP contribution in [-0.2, 0) is 19.0 Å². The van der Waals surface area contributed by atoms with Crippen LogP contribution in [0.4, 0.5) is 4.39 Å². The van der Waals surface area contributed by atoms with Crippen LogP contribution < -0.4 is 39.3 Å². The van der Waals surface area contributed by atoms with E-state index in [4.69, 9.17) is 53.1 Å². The van der Waals surface area contributed by atoms with Crippen LogP contribution in [-0.4, -0.2) is 123 Å². The molecule has 3 aliphatic rings. The summed E-state index contributed by atoms with van der Waals surface area (Å²) in [4.78, 5) is 12.1. The Balaban J connectivity index is 0.000000785. The predicted molar refractivity (Wildman–Crippen MR) is 201 cm³/mol. The average molecular weight is 738 g/mol. The van der Waals surface area contributed by atoms with Crippen LogP contribution in [0.1, 0.15) is 97.8 Å². The molecule has 51 heavy (non-hydrogen) atoms. The zero-order valence-electron chi connectivity index (χ0n) is 32.0. The van der Waals surface area contributed by atoms with Crippen molar-refractivity contribution in [1.82, 2.24) is 10.6 Å². The van der Waals surface area contributed by atoms with Gasteiger partial charge >= 0.3 is 0 Å². The number of hydrogen-bond donors (Lipinski definition) is 10. The highest BCUT2D eigenvalue weighted by molar-refractivity contribution is 5.79. The van der Waals surface area contributed by atoms with Crippen LogP contribution in [0, 0.1) is 11.8 Å². The summed E-state index contributed by atoms with van der Waals surface area (Å²) < 4.78 is 30.5. The number of allylic oxidation sites excluding steroid dienone is 1. The molecule has 0 aromatic rings. The quantitative estimate of drug-likeness (QED) is 0.0827. The van der Waals surface area contributed by atoms with Crippen molar-refractivity contribution in [3.05, 3.63) is 11.8 Å². The van der Waals surface area contributed by atoms with E-state index >= 15 is 0 Å². The van der Waals surface area contributed by atoms with Crippen molar-refractivity contribution in [1.29, 1.82) is 0 Å². The summed E-state index contributed by atoms with van der Waals surface area (Å²) in [5.41, 5.74) is 28.0. The Morgan fingerprint density at radius 1 is 1.14 bits per heavy atom. The van der Waals surface area contributed by atoms with Crippen LogP contribution in [0.3, 0.4) is 0 Å². The van der Waals surface area contributed by atoms with Gasteiger partial charge in [0.05, 0.1) is 44.0 Å². The number of carbonyl (C=O) groups is 1. The van der Waals surface area contributed by atoms with Gasteiger partial charge in [-0.1, -0.05) is 27.2 Å². The molecule has 0 aromatic carbocycles. The van der Waals surface area contributed by atoms with Gasteiger partial charge in [-0.25, -0.2) is 4.39 Å². The van der Waals surface area contributed by atoms with Crippen LogP contribution in [0.5, 0.6) is 0 Å². The first kappa shape index (κ1) is 49.5. The molecular formula is C36H76FN7O7. The molecule has 0 bridgehead atoms. The smallest absolute Gasteiger partial charge is 0.226 e. The summed E-state index contributed by atoms with van der Waals surface area (Å²) in [5.74, 6) is 0.398. The fourth-order valence-corrected chi connectivity index (χ4v) is 6.06. The highest BCUT2D eigenvalue weighted by Crippen LogP contribution is 2.27. The van der Waals surface area contributed by atoms with Crippen molar-refractivity contribution >= 4 is 5.91 Å². The number of rotatable bonds is 19. The van der Waals surface area contributed by atoms with Crippen molar-refractivity contribution < 1.29 is 38.7 Å². The lowest BCUT2D eigenvalue weighted by Crippen LogP contribution is -2.50. The number of nitrogens with one attached hydrogen (secondary N) is 2. The molecule has 2 heterocycles. The molecule has 1 amide bonds. The maximum Gasteiger partial charge on any atom is 0.226 e. The number of aliphatic hydroxyl groups is 3. The summed E-state index contributed by atoms with van der Waals surface area (Å²) in [7, 11) is 1.00. The topological polar surface area (TPSA) is 260 Å². The van der Waals surface area contributed by atoms with E-state index in [1.165, 1.54) is 6.92 Å². The number of hydrogen-bond acceptors (Lipinski definition) is 13. The molecular weight excluding hydrogens is 661 g/mol. The molecule has 0 aromatic heterocycles. The van der Waals surface area contributed by atoms with Gasteiger partial charge in [0.25, 0.3) is 0 Å². The second-order valence-corrected chi connectivity index (χ2v) is 13.7. The van der Waals surface area contributed by atoms with Crippen molar-refractivity contribution in [2.75, 3.05) is 53.0 Å². The second kappa shape index (κ2) is 30.9. The van der Waals surface area contributed by atoms with Gasteiger partial charge in [-0.2, -0.15) is 0 Å². The number of ether oxygens (including phenoxy) is 3. The Bertz CT molecular complexity index is 882. The molecule has 304 valence electrons. The maximum atomic E-state index is 13.6. The predicted octanol–water partition coefficient (Wildman–Crippen LogP) is 0.875. The molecule has 0 radical (unpaired) electrons. The van der Waals surface area contributed by atoms with Gasteiger partial charge in [-0.05, 0) is 95.8 Å². The third-order valence-corrected chi connectivity index (χ3v) is 9.28. The summed E-state index contributed by atoms with van der Waals surface area (Å²) >= 11 is 0. The normalized spacial score (nSPS) is 25.8. The fourth-order valence-electron chi connectivity index (χ4n) is 6.06. The SMILES string of the molecule is CC(C(=O)NC1CC(N)CC(OC2CCC(CO)O2)C1)C(F)CN.CCC[C@@H](CN)CC(O)[C@@H](N)CC.CO.NCCCNCC1=CCCCO1. The van der Waals surface area contributed by atoms with Crippen LogP contribution in [0.2, 0.25) is 0 Å².